The molecular formula is C17H22FN3O2S. The van der Waals surface area contributed by atoms with Gasteiger partial charge in [-0.05, 0) is 50.6 Å². The van der Waals surface area contributed by atoms with Crippen molar-refractivity contribution >= 4 is 15.8 Å². The van der Waals surface area contributed by atoms with E-state index < -0.39 is 10.0 Å². The van der Waals surface area contributed by atoms with Crippen LogP contribution < -0.4 is 9.62 Å². The zero-order chi connectivity index (χ0) is 17.7. The van der Waals surface area contributed by atoms with Crippen LogP contribution in [0.1, 0.15) is 26.3 Å². The summed E-state index contributed by atoms with van der Waals surface area (Å²) in [5, 5.41) is 0. The van der Waals surface area contributed by atoms with Crippen LogP contribution in [0.4, 0.5) is 10.2 Å². The van der Waals surface area contributed by atoms with Crippen molar-refractivity contribution in [2.24, 2.45) is 0 Å². The minimum Gasteiger partial charge on any atom is -0.353 e. The molecular weight excluding hydrogens is 329 g/mol. The third kappa shape index (κ3) is 4.75. The van der Waals surface area contributed by atoms with E-state index >= 15 is 0 Å². The number of anilines is 1. The predicted molar refractivity (Wildman–Crippen MR) is 92.8 cm³/mol. The average molecular weight is 351 g/mol. The number of nitrogens with one attached hydrogen (secondary N) is 1. The van der Waals surface area contributed by atoms with Crippen molar-refractivity contribution in [3.63, 3.8) is 0 Å². The first-order valence-corrected chi connectivity index (χ1v) is 9.28. The van der Waals surface area contributed by atoms with E-state index in [1.54, 1.807) is 26.0 Å². The van der Waals surface area contributed by atoms with Gasteiger partial charge >= 0.3 is 0 Å². The van der Waals surface area contributed by atoms with Gasteiger partial charge in [0.25, 0.3) is 0 Å². The Morgan fingerprint density at radius 2 is 2.00 bits per heavy atom. The fourth-order valence-corrected chi connectivity index (χ4v) is 3.50. The molecule has 0 aliphatic carbocycles. The Balaban J connectivity index is 2.18. The highest BCUT2D eigenvalue weighted by molar-refractivity contribution is 7.89. The molecule has 130 valence electrons. The SMILES string of the molecule is CCN(Cc1cccc(F)c1)c1ccc(S(=O)(=O)NC(C)C)cn1. The molecule has 0 atom stereocenters. The predicted octanol–water partition coefficient (Wildman–Crippen LogP) is 2.93. The van der Waals surface area contributed by atoms with Crippen LogP contribution in [0.3, 0.4) is 0 Å². The second-order valence-corrected chi connectivity index (χ2v) is 7.49. The molecule has 0 spiro atoms. The van der Waals surface area contributed by atoms with Gasteiger partial charge in [-0.1, -0.05) is 12.1 Å². The maximum absolute atomic E-state index is 13.3. The van der Waals surface area contributed by atoms with Gasteiger partial charge in [0.05, 0.1) is 0 Å². The molecule has 0 saturated heterocycles. The minimum absolute atomic E-state index is 0.127. The van der Waals surface area contributed by atoms with Gasteiger partial charge in [-0.2, -0.15) is 0 Å². The molecule has 0 aliphatic rings. The molecule has 2 rings (SSSR count). The first-order valence-electron chi connectivity index (χ1n) is 7.79. The number of rotatable bonds is 7. The molecule has 1 heterocycles. The monoisotopic (exact) mass is 351 g/mol. The quantitative estimate of drug-likeness (QED) is 0.833. The number of benzene rings is 1. The number of pyridine rings is 1. The second kappa shape index (κ2) is 7.72. The zero-order valence-electron chi connectivity index (χ0n) is 14.0. The minimum atomic E-state index is -3.55. The Kier molecular flexibility index (Phi) is 5.90. The van der Waals surface area contributed by atoms with E-state index in [1.165, 1.54) is 24.4 Å². The number of aromatic nitrogens is 1. The van der Waals surface area contributed by atoms with E-state index in [0.29, 0.717) is 18.9 Å². The molecule has 0 radical (unpaired) electrons. The van der Waals surface area contributed by atoms with Crippen molar-refractivity contribution < 1.29 is 12.8 Å². The summed E-state index contributed by atoms with van der Waals surface area (Å²) >= 11 is 0. The van der Waals surface area contributed by atoms with Gasteiger partial charge < -0.3 is 4.90 Å². The standard InChI is InChI=1S/C17H22FN3O2S/c1-4-21(12-14-6-5-7-15(18)10-14)17-9-8-16(11-19-17)24(22,23)20-13(2)3/h5-11,13,20H,4,12H2,1-3H3. The lowest BCUT2D eigenvalue weighted by molar-refractivity contribution is 0.569. The number of hydrogen-bond acceptors (Lipinski definition) is 4. The van der Waals surface area contributed by atoms with E-state index in [2.05, 4.69) is 9.71 Å². The van der Waals surface area contributed by atoms with E-state index in [0.717, 1.165) is 5.56 Å². The van der Waals surface area contributed by atoms with Gasteiger partial charge in [0, 0.05) is 25.3 Å². The molecule has 0 unspecified atom stereocenters. The van der Waals surface area contributed by atoms with Gasteiger partial charge in [-0.25, -0.2) is 22.5 Å². The van der Waals surface area contributed by atoms with Crippen LogP contribution in [0, 0.1) is 5.82 Å². The molecule has 0 bridgehead atoms. The maximum Gasteiger partial charge on any atom is 0.242 e. The molecule has 1 aromatic carbocycles. The van der Waals surface area contributed by atoms with Crippen LogP contribution in [-0.4, -0.2) is 26.0 Å². The van der Waals surface area contributed by atoms with E-state index in [4.69, 9.17) is 0 Å². The summed E-state index contributed by atoms with van der Waals surface area (Å²) in [7, 11) is -3.55. The third-order valence-electron chi connectivity index (χ3n) is 3.39. The van der Waals surface area contributed by atoms with Gasteiger partial charge in [0.1, 0.15) is 16.5 Å². The molecule has 0 amide bonds. The smallest absolute Gasteiger partial charge is 0.242 e. The van der Waals surface area contributed by atoms with Crippen LogP contribution in [0.15, 0.2) is 47.5 Å². The molecule has 7 heteroatoms. The van der Waals surface area contributed by atoms with Gasteiger partial charge in [0.15, 0.2) is 0 Å². The second-order valence-electron chi connectivity index (χ2n) is 5.77. The summed E-state index contributed by atoms with van der Waals surface area (Å²) in [4.78, 5) is 6.33. The maximum atomic E-state index is 13.3. The summed E-state index contributed by atoms with van der Waals surface area (Å²) in [5.41, 5.74) is 0.830. The third-order valence-corrected chi connectivity index (χ3v) is 5.03. The van der Waals surface area contributed by atoms with Gasteiger partial charge in [-0.15, -0.1) is 0 Å². The number of hydrogen-bond donors (Lipinski definition) is 1. The fourth-order valence-electron chi connectivity index (χ4n) is 2.31. The van der Waals surface area contributed by atoms with E-state index in [-0.39, 0.29) is 16.8 Å². The highest BCUT2D eigenvalue weighted by Gasteiger charge is 2.16. The summed E-state index contributed by atoms with van der Waals surface area (Å²) in [6.07, 6.45) is 1.34. The lowest BCUT2D eigenvalue weighted by Crippen LogP contribution is -2.30. The van der Waals surface area contributed by atoms with Crippen LogP contribution >= 0.6 is 0 Å². The summed E-state index contributed by atoms with van der Waals surface area (Å²) in [6.45, 7) is 6.65. The van der Waals surface area contributed by atoms with Crippen molar-refractivity contribution in [2.75, 3.05) is 11.4 Å². The van der Waals surface area contributed by atoms with E-state index in [9.17, 15) is 12.8 Å². The average Bonchev–Trinajstić information content (AvgIpc) is 2.51. The Morgan fingerprint density at radius 1 is 1.25 bits per heavy atom. The molecule has 0 saturated carbocycles. The van der Waals surface area contributed by atoms with Crippen LogP contribution in [0.2, 0.25) is 0 Å². The Morgan fingerprint density at radius 3 is 2.54 bits per heavy atom. The molecule has 1 aromatic heterocycles. The lowest BCUT2D eigenvalue weighted by atomic mass is 10.2. The van der Waals surface area contributed by atoms with Crippen LogP contribution in [-0.2, 0) is 16.6 Å². The van der Waals surface area contributed by atoms with Crippen molar-refractivity contribution in [3.8, 4) is 0 Å². The van der Waals surface area contributed by atoms with E-state index in [1.807, 2.05) is 17.9 Å². The van der Waals surface area contributed by atoms with Gasteiger partial charge in [0.2, 0.25) is 10.0 Å². The summed E-state index contributed by atoms with van der Waals surface area (Å²) in [6, 6.07) is 9.40. The number of nitrogens with zero attached hydrogens (tertiary/aromatic N) is 2. The number of halogens is 1. The summed E-state index contributed by atoms with van der Waals surface area (Å²) < 4.78 is 40.1. The first kappa shape index (κ1) is 18.4. The van der Waals surface area contributed by atoms with Crippen LogP contribution in [0.5, 0.6) is 0 Å². The highest BCUT2D eigenvalue weighted by Crippen LogP contribution is 2.17. The van der Waals surface area contributed by atoms with Crippen LogP contribution in [0.25, 0.3) is 0 Å². The zero-order valence-corrected chi connectivity index (χ0v) is 14.8. The molecule has 24 heavy (non-hydrogen) atoms. The van der Waals surface area contributed by atoms with Gasteiger partial charge in [-0.3, -0.25) is 0 Å². The van der Waals surface area contributed by atoms with Crippen molar-refractivity contribution in [3.05, 3.63) is 54.0 Å². The Hall–Kier alpha value is -1.99. The molecule has 1 N–H and O–H groups in total. The largest absolute Gasteiger partial charge is 0.353 e. The normalized spacial score (nSPS) is 11.7. The van der Waals surface area contributed by atoms with Crippen molar-refractivity contribution in [1.29, 1.82) is 0 Å². The Labute approximate surface area is 142 Å². The lowest BCUT2D eigenvalue weighted by Gasteiger charge is -2.22. The number of sulfonamides is 1. The Bertz CT molecular complexity index is 777. The molecule has 0 aliphatic heterocycles. The molecule has 2 aromatic rings. The first-order chi connectivity index (χ1) is 11.3. The fraction of sp³-hybridized carbons (Fsp3) is 0.353. The highest BCUT2D eigenvalue weighted by atomic mass is 32.2. The van der Waals surface area contributed by atoms with Crippen molar-refractivity contribution in [1.82, 2.24) is 9.71 Å². The molecule has 0 fully saturated rings. The van der Waals surface area contributed by atoms with Crippen molar-refractivity contribution in [2.45, 2.75) is 38.3 Å². The molecule has 5 nitrogen and oxygen atoms in total. The topological polar surface area (TPSA) is 62.3 Å². The summed E-state index contributed by atoms with van der Waals surface area (Å²) in [5.74, 6) is 0.364.